The van der Waals surface area contributed by atoms with Gasteiger partial charge in [-0.1, -0.05) is 34.6 Å². The van der Waals surface area contributed by atoms with Crippen molar-refractivity contribution in [3.8, 4) is 0 Å². The Kier molecular flexibility index (Phi) is 7.14. The van der Waals surface area contributed by atoms with Crippen molar-refractivity contribution in [2.75, 3.05) is 6.54 Å². The second-order valence-corrected chi connectivity index (χ2v) is 6.24. The highest BCUT2D eigenvalue weighted by molar-refractivity contribution is 5.89. The van der Waals surface area contributed by atoms with E-state index in [1.807, 2.05) is 20.8 Å². The van der Waals surface area contributed by atoms with Crippen LogP contribution in [0.5, 0.6) is 0 Å². The van der Waals surface area contributed by atoms with Crippen LogP contribution in [0, 0.1) is 11.3 Å². The highest BCUT2D eigenvalue weighted by atomic mass is 16.4. The quantitative estimate of drug-likeness (QED) is 0.701. The predicted molar refractivity (Wildman–Crippen MR) is 72.6 cm³/mol. The molecule has 0 heterocycles. The number of hydrogen-bond donors (Lipinski definition) is 2. The highest BCUT2D eigenvalue weighted by Crippen LogP contribution is 2.19. The molecule has 2 N–H and O–H groups in total. The molecule has 18 heavy (non-hydrogen) atoms. The third-order valence-corrected chi connectivity index (χ3v) is 2.81. The van der Waals surface area contributed by atoms with Gasteiger partial charge in [-0.3, -0.25) is 9.59 Å². The van der Waals surface area contributed by atoms with Gasteiger partial charge in [0.15, 0.2) is 5.78 Å². The average molecular weight is 257 g/mol. The van der Waals surface area contributed by atoms with Gasteiger partial charge < -0.3 is 10.4 Å². The maximum Gasteiger partial charge on any atom is 0.303 e. The maximum absolute atomic E-state index is 12.2. The second kappa shape index (κ2) is 7.52. The molecule has 0 saturated heterocycles. The van der Waals surface area contributed by atoms with E-state index in [4.69, 9.17) is 5.11 Å². The number of Topliss-reactive ketones (excluding diaryl/α,β-unsaturated/α-hetero) is 1. The van der Waals surface area contributed by atoms with E-state index in [-0.39, 0.29) is 18.2 Å². The van der Waals surface area contributed by atoms with Gasteiger partial charge in [0.25, 0.3) is 0 Å². The van der Waals surface area contributed by atoms with Gasteiger partial charge in [0.05, 0.1) is 6.04 Å². The number of rotatable bonds is 8. The van der Waals surface area contributed by atoms with E-state index in [2.05, 4.69) is 19.2 Å². The molecular formula is C14H27NO3. The normalized spacial score (nSPS) is 13.7. The fraction of sp³-hybridized carbons (Fsp3) is 0.857. The van der Waals surface area contributed by atoms with Crippen molar-refractivity contribution in [2.24, 2.45) is 11.3 Å². The topological polar surface area (TPSA) is 66.4 Å². The first kappa shape index (κ1) is 17.1. The summed E-state index contributed by atoms with van der Waals surface area (Å²) >= 11 is 0. The van der Waals surface area contributed by atoms with Gasteiger partial charge in [-0.15, -0.1) is 0 Å². The van der Waals surface area contributed by atoms with Crippen molar-refractivity contribution >= 4 is 11.8 Å². The molecule has 1 unspecified atom stereocenters. The molecule has 0 aromatic heterocycles. The van der Waals surface area contributed by atoms with Gasteiger partial charge in [-0.05, 0) is 25.3 Å². The first-order chi connectivity index (χ1) is 8.14. The lowest BCUT2D eigenvalue weighted by Gasteiger charge is -2.25. The van der Waals surface area contributed by atoms with Crippen molar-refractivity contribution in [3.63, 3.8) is 0 Å². The third-order valence-electron chi connectivity index (χ3n) is 2.81. The standard InChI is InChI=1S/C14H27NO3/c1-10(2)8-9-15-11(6-7-12(16)17)13(18)14(3,4)5/h10-11,15H,6-9H2,1-5H3,(H,16,17). The Hall–Kier alpha value is -0.900. The van der Waals surface area contributed by atoms with Crippen LogP contribution in [-0.4, -0.2) is 29.4 Å². The van der Waals surface area contributed by atoms with E-state index in [0.717, 1.165) is 13.0 Å². The average Bonchev–Trinajstić information content (AvgIpc) is 2.20. The Labute approximate surface area is 110 Å². The summed E-state index contributed by atoms with van der Waals surface area (Å²) in [7, 11) is 0. The van der Waals surface area contributed by atoms with Gasteiger partial charge in [0, 0.05) is 11.8 Å². The van der Waals surface area contributed by atoms with Crippen molar-refractivity contribution in [1.82, 2.24) is 5.32 Å². The molecule has 0 amide bonds. The molecule has 0 saturated carbocycles. The Morgan fingerprint density at radius 1 is 1.17 bits per heavy atom. The molecule has 0 bridgehead atoms. The molecule has 0 spiro atoms. The van der Waals surface area contributed by atoms with E-state index in [0.29, 0.717) is 12.3 Å². The summed E-state index contributed by atoms with van der Waals surface area (Å²) in [5.41, 5.74) is -0.437. The molecular weight excluding hydrogens is 230 g/mol. The first-order valence-corrected chi connectivity index (χ1v) is 6.64. The van der Waals surface area contributed by atoms with Crippen LogP contribution >= 0.6 is 0 Å². The number of hydrogen-bond acceptors (Lipinski definition) is 3. The van der Waals surface area contributed by atoms with Crippen LogP contribution in [0.1, 0.15) is 53.9 Å². The SMILES string of the molecule is CC(C)CCNC(CCC(=O)O)C(=O)C(C)(C)C. The van der Waals surface area contributed by atoms with Crippen molar-refractivity contribution in [3.05, 3.63) is 0 Å². The number of nitrogens with one attached hydrogen (secondary N) is 1. The zero-order valence-corrected chi connectivity index (χ0v) is 12.2. The van der Waals surface area contributed by atoms with Crippen molar-refractivity contribution in [1.29, 1.82) is 0 Å². The fourth-order valence-electron chi connectivity index (χ4n) is 1.66. The zero-order valence-electron chi connectivity index (χ0n) is 12.2. The third kappa shape index (κ3) is 7.43. The number of carboxylic acids is 1. The summed E-state index contributed by atoms with van der Waals surface area (Å²) in [4.78, 5) is 22.8. The summed E-state index contributed by atoms with van der Waals surface area (Å²) in [6, 6.07) is -0.347. The molecule has 0 rings (SSSR count). The molecule has 0 aliphatic carbocycles. The van der Waals surface area contributed by atoms with Gasteiger partial charge in [-0.25, -0.2) is 0 Å². The van der Waals surface area contributed by atoms with Crippen LogP contribution in [0.3, 0.4) is 0 Å². The second-order valence-electron chi connectivity index (χ2n) is 6.24. The Morgan fingerprint density at radius 3 is 2.11 bits per heavy atom. The summed E-state index contributed by atoms with van der Waals surface area (Å²) in [5.74, 6) is -0.192. The summed E-state index contributed by atoms with van der Waals surface area (Å²) in [6.45, 7) is 10.6. The molecule has 106 valence electrons. The number of carbonyl (C=O) groups is 2. The van der Waals surface area contributed by atoms with E-state index in [9.17, 15) is 9.59 Å². The van der Waals surface area contributed by atoms with Crippen LogP contribution in [0.25, 0.3) is 0 Å². The molecule has 0 aromatic carbocycles. The van der Waals surface area contributed by atoms with Crippen LogP contribution in [0.2, 0.25) is 0 Å². The Morgan fingerprint density at radius 2 is 1.72 bits per heavy atom. The Balaban J connectivity index is 4.42. The summed E-state index contributed by atoms with van der Waals surface area (Å²) in [6.07, 6.45) is 1.38. The van der Waals surface area contributed by atoms with Crippen molar-refractivity contribution < 1.29 is 14.7 Å². The maximum atomic E-state index is 12.2. The predicted octanol–water partition coefficient (Wildman–Crippen LogP) is 2.47. The van der Waals surface area contributed by atoms with Gasteiger partial charge in [0.1, 0.15) is 0 Å². The van der Waals surface area contributed by atoms with Crippen LogP contribution in [0.15, 0.2) is 0 Å². The van der Waals surface area contributed by atoms with E-state index < -0.39 is 11.4 Å². The zero-order chi connectivity index (χ0) is 14.3. The molecule has 0 fully saturated rings. The van der Waals surface area contributed by atoms with Crippen LogP contribution < -0.4 is 5.32 Å². The summed E-state index contributed by atoms with van der Waals surface area (Å²) < 4.78 is 0. The lowest BCUT2D eigenvalue weighted by Crippen LogP contribution is -2.43. The van der Waals surface area contributed by atoms with E-state index in [1.165, 1.54) is 0 Å². The smallest absolute Gasteiger partial charge is 0.303 e. The molecule has 0 aromatic rings. The van der Waals surface area contributed by atoms with Crippen LogP contribution in [0.4, 0.5) is 0 Å². The Bertz CT molecular complexity index is 279. The minimum Gasteiger partial charge on any atom is -0.481 e. The molecule has 0 radical (unpaired) electrons. The molecule has 1 atom stereocenters. The van der Waals surface area contributed by atoms with Crippen LogP contribution in [-0.2, 0) is 9.59 Å². The number of aliphatic carboxylic acids is 1. The van der Waals surface area contributed by atoms with E-state index >= 15 is 0 Å². The number of ketones is 1. The molecule has 4 nitrogen and oxygen atoms in total. The summed E-state index contributed by atoms with van der Waals surface area (Å²) in [5, 5.41) is 11.9. The minimum absolute atomic E-state index is 0.0289. The van der Waals surface area contributed by atoms with Gasteiger partial charge in [-0.2, -0.15) is 0 Å². The minimum atomic E-state index is -0.854. The number of carboxylic acid groups (broad SMARTS) is 1. The van der Waals surface area contributed by atoms with Gasteiger partial charge in [0.2, 0.25) is 0 Å². The lowest BCUT2D eigenvalue weighted by atomic mass is 9.85. The molecule has 0 aliphatic heterocycles. The number of carbonyl (C=O) groups excluding carboxylic acids is 1. The monoisotopic (exact) mass is 257 g/mol. The fourth-order valence-corrected chi connectivity index (χ4v) is 1.66. The molecule has 0 aliphatic rings. The largest absolute Gasteiger partial charge is 0.481 e. The van der Waals surface area contributed by atoms with Gasteiger partial charge >= 0.3 is 5.97 Å². The molecule has 4 heteroatoms. The van der Waals surface area contributed by atoms with Crippen molar-refractivity contribution in [2.45, 2.75) is 59.9 Å². The van der Waals surface area contributed by atoms with E-state index in [1.54, 1.807) is 0 Å². The lowest BCUT2D eigenvalue weighted by molar-refractivity contribution is -0.137. The highest BCUT2D eigenvalue weighted by Gasteiger charge is 2.29. The first-order valence-electron chi connectivity index (χ1n) is 6.64.